The molecule has 1 aromatic rings. The lowest BCUT2D eigenvalue weighted by molar-refractivity contribution is -0.159. The minimum absolute atomic E-state index is 0.284. The van der Waals surface area contributed by atoms with E-state index in [2.05, 4.69) is 5.10 Å². The van der Waals surface area contributed by atoms with Crippen molar-refractivity contribution in [1.29, 1.82) is 0 Å². The standard InChI is InChI=1S/C17H29BN2O4/c1-9-13(14(21)22-15(2,3)4)20-11-12(10-19-20)18-23-16(5,6)17(7,8)24-18/h10-11,13H,9H2,1-8H3. The molecule has 2 heterocycles. The summed E-state index contributed by atoms with van der Waals surface area (Å²) < 4.78 is 19.2. The number of carbonyl (C=O) groups excluding carboxylic acids is 1. The highest BCUT2D eigenvalue weighted by Crippen LogP contribution is 2.36. The Labute approximate surface area is 145 Å². The molecule has 0 aliphatic carbocycles. The molecule has 6 nitrogen and oxygen atoms in total. The van der Waals surface area contributed by atoms with Crippen LogP contribution in [0.15, 0.2) is 12.4 Å². The van der Waals surface area contributed by atoms with Crippen LogP contribution in [0, 0.1) is 0 Å². The van der Waals surface area contributed by atoms with E-state index < -0.39 is 30.0 Å². The summed E-state index contributed by atoms with van der Waals surface area (Å²) in [6, 6.07) is -0.458. The third-order valence-corrected chi connectivity index (χ3v) is 4.53. The van der Waals surface area contributed by atoms with Gasteiger partial charge in [-0.15, -0.1) is 0 Å². The number of nitrogens with zero attached hydrogens (tertiary/aromatic N) is 2. The van der Waals surface area contributed by atoms with Gasteiger partial charge in [0.2, 0.25) is 0 Å². The van der Waals surface area contributed by atoms with Gasteiger partial charge in [0.1, 0.15) is 11.6 Å². The van der Waals surface area contributed by atoms with Gasteiger partial charge in [-0.05, 0) is 54.9 Å². The highest BCUT2D eigenvalue weighted by atomic mass is 16.7. The summed E-state index contributed by atoms with van der Waals surface area (Å²) in [6.07, 6.45) is 4.09. The first kappa shape index (κ1) is 19.0. The second kappa shape index (κ2) is 6.19. The van der Waals surface area contributed by atoms with Gasteiger partial charge < -0.3 is 14.0 Å². The zero-order valence-electron chi connectivity index (χ0n) is 16.0. The predicted molar refractivity (Wildman–Crippen MR) is 93.1 cm³/mol. The molecule has 1 aromatic heterocycles. The van der Waals surface area contributed by atoms with Crippen LogP contribution in [-0.4, -0.2) is 39.7 Å². The molecule has 1 aliphatic heterocycles. The van der Waals surface area contributed by atoms with Crippen LogP contribution >= 0.6 is 0 Å². The second-order valence-electron chi connectivity index (χ2n) is 8.30. The molecule has 7 heteroatoms. The van der Waals surface area contributed by atoms with E-state index in [1.54, 1.807) is 17.1 Å². The van der Waals surface area contributed by atoms with E-state index in [9.17, 15) is 4.79 Å². The SMILES string of the molecule is CCC(C(=O)OC(C)(C)C)n1cc(B2OC(C)(C)C(C)(C)O2)cn1. The Kier molecular flexibility index (Phi) is 4.90. The number of carbonyl (C=O) groups is 1. The molecule has 2 rings (SSSR count). The van der Waals surface area contributed by atoms with Crippen LogP contribution in [0.2, 0.25) is 0 Å². The van der Waals surface area contributed by atoms with Crippen molar-refractivity contribution in [3.05, 3.63) is 12.4 Å². The van der Waals surface area contributed by atoms with Gasteiger partial charge >= 0.3 is 13.1 Å². The first-order chi connectivity index (χ1) is 10.9. The van der Waals surface area contributed by atoms with Gasteiger partial charge in [-0.25, -0.2) is 4.79 Å². The molecule has 0 aromatic carbocycles. The molecule has 0 bridgehead atoms. The van der Waals surface area contributed by atoms with Gasteiger partial charge in [-0.1, -0.05) is 6.92 Å². The summed E-state index contributed by atoms with van der Waals surface area (Å²) in [5, 5.41) is 4.33. The maximum atomic E-state index is 12.4. The fourth-order valence-electron chi connectivity index (χ4n) is 2.46. The van der Waals surface area contributed by atoms with Crippen molar-refractivity contribution >= 4 is 18.6 Å². The van der Waals surface area contributed by atoms with E-state index in [4.69, 9.17) is 14.0 Å². The number of hydrogen-bond donors (Lipinski definition) is 0. The van der Waals surface area contributed by atoms with Gasteiger partial charge in [0.25, 0.3) is 0 Å². The quantitative estimate of drug-likeness (QED) is 0.624. The molecule has 1 fully saturated rings. The van der Waals surface area contributed by atoms with Gasteiger partial charge in [-0.3, -0.25) is 4.68 Å². The fourth-order valence-corrected chi connectivity index (χ4v) is 2.46. The number of aromatic nitrogens is 2. The molecule has 1 atom stereocenters. The van der Waals surface area contributed by atoms with Crippen LogP contribution in [-0.2, 0) is 18.8 Å². The first-order valence-corrected chi connectivity index (χ1v) is 8.49. The Morgan fingerprint density at radius 1 is 1.29 bits per heavy atom. The molecule has 0 amide bonds. The Morgan fingerprint density at radius 3 is 2.29 bits per heavy atom. The predicted octanol–water partition coefficient (Wildman–Crippen LogP) is 2.48. The molecule has 0 saturated carbocycles. The Bertz CT molecular complexity index is 588. The summed E-state index contributed by atoms with van der Waals surface area (Å²) in [7, 11) is -0.486. The fraction of sp³-hybridized carbons (Fsp3) is 0.765. The van der Waals surface area contributed by atoms with Crippen molar-refractivity contribution in [2.24, 2.45) is 0 Å². The second-order valence-corrected chi connectivity index (χ2v) is 8.30. The Balaban J connectivity index is 2.17. The minimum Gasteiger partial charge on any atom is -0.458 e. The number of hydrogen-bond acceptors (Lipinski definition) is 5. The van der Waals surface area contributed by atoms with E-state index in [0.29, 0.717) is 6.42 Å². The van der Waals surface area contributed by atoms with Crippen LogP contribution in [0.3, 0.4) is 0 Å². The van der Waals surface area contributed by atoms with Crippen molar-refractivity contribution in [2.45, 2.75) is 84.7 Å². The normalized spacial score (nSPS) is 20.9. The maximum absolute atomic E-state index is 12.4. The number of rotatable bonds is 4. The lowest BCUT2D eigenvalue weighted by Gasteiger charge is -2.32. The molecular weight excluding hydrogens is 307 g/mol. The van der Waals surface area contributed by atoms with Gasteiger partial charge in [0.15, 0.2) is 0 Å². The molecule has 1 aliphatic rings. The average molecular weight is 336 g/mol. The summed E-state index contributed by atoms with van der Waals surface area (Å²) in [6.45, 7) is 15.5. The van der Waals surface area contributed by atoms with Crippen molar-refractivity contribution in [1.82, 2.24) is 9.78 Å². The summed E-state index contributed by atoms with van der Waals surface area (Å²) in [4.78, 5) is 12.4. The van der Waals surface area contributed by atoms with Gasteiger partial charge in [-0.2, -0.15) is 5.10 Å². The summed E-state index contributed by atoms with van der Waals surface area (Å²) in [5.41, 5.74) is -0.535. The van der Waals surface area contributed by atoms with E-state index in [1.807, 2.05) is 55.4 Å². The van der Waals surface area contributed by atoms with Crippen LogP contribution in [0.5, 0.6) is 0 Å². The summed E-state index contributed by atoms with van der Waals surface area (Å²) >= 11 is 0. The zero-order chi connectivity index (χ0) is 18.3. The van der Waals surface area contributed by atoms with Crippen LogP contribution in [0.25, 0.3) is 0 Å². The molecule has 0 N–H and O–H groups in total. The highest BCUT2D eigenvalue weighted by Gasteiger charge is 2.52. The monoisotopic (exact) mass is 336 g/mol. The van der Waals surface area contributed by atoms with Crippen molar-refractivity contribution in [3.8, 4) is 0 Å². The van der Waals surface area contributed by atoms with E-state index in [-0.39, 0.29) is 5.97 Å². The van der Waals surface area contributed by atoms with Gasteiger partial charge in [0, 0.05) is 17.9 Å². The maximum Gasteiger partial charge on any atom is 0.498 e. The van der Waals surface area contributed by atoms with Crippen LogP contribution < -0.4 is 5.46 Å². The Hall–Kier alpha value is -1.34. The van der Waals surface area contributed by atoms with Crippen molar-refractivity contribution in [2.75, 3.05) is 0 Å². The van der Waals surface area contributed by atoms with Gasteiger partial charge in [0.05, 0.1) is 11.2 Å². The van der Waals surface area contributed by atoms with Crippen LogP contribution in [0.1, 0.15) is 67.9 Å². The first-order valence-electron chi connectivity index (χ1n) is 8.49. The molecular formula is C17H29BN2O4. The third-order valence-electron chi connectivity index (χ3n) is 4.53. The minimum atomic E-state index is -0.522. The van der Waals surface area contributed by atoms with Crippen molar-refractivity contribution in [3.63, 3.8) is 0 Å². The van der Waals surface area contributed by atoms with E-state index in [1.165, 1.54) is 0 Å². The zero-order valence-corrected chi connectivity index (χ0v) is 16.0. The smallest absolute Gasteiger partial charge is 0.458 e. The Morgan fingerprint density at radius 2 is 1.83 bits per heavy atom. The molecule has 0 spiro atoms. The lowest BCUT2D eigenvalue weighted by Crippen LogP contribution is -2.41. The molecule has 1 unspecified atom stereocenters. The number of esters is 1. The molecule has 134 valence electrons. The summed E-state index contributed by atoms with van der Waals surface area (Å²) in [5.74, 6) is -0.284. The third kappa shape index (κ3) is 3.83. The molecule has 24 heavy (non-hydrogen) atoms. The topological polar surface area (TPSA) is 62.6 Å². The van der Waals surface area contributed by atoms with Crippen molar-refractivity contribution < 1.29 is 18.8 Å². The van der Waals surface area contributed by atoms with E-state index in [0.717, 1.165) is 5.46 Å². The average Bonchev–Trinajstić information content (AvgIpc) is 2.92. The van der Waals surface area contributed by atoms with E-state index >= 15 is 0 Å². The van der Waals surface area contributed by atoms with Crippen LogP contribution in [0.4, 0.5) is 0 Å². The largest absolute Gasteiger partial charge is 0.498 e. The lowest BCUT2D eigenvalue weighted by atomic mass is 9.82. The highest BCUT2D eigenvalue weighted by molar-refractivity contribution is 6.62. The molecule has 0 radical (unpaired) electrons. The molecule has 1 saturated heterocycles. The number of ether oxygens (including phenoxy) is 1.